The quantitative estimate of drug-likeness (QED) is 0.572. The topological polar surface area (TPSA) is 43.4 Å². The summed E-state index contributed by atoms with van der Waals surface area (Å²) in [4.78, 5) is 23.5. The van der Waals surface area contributed by atoms with E-state index < -0.39 is 11.9 Å². The van der Waals surface area contributed by atoms with Crippen molar-refractivity contribution in [2.45, 2.75) is 30.8 Å². The molecule has 0 aromatic rings. The molecule has 1 aliphatic heterocycles. The van der Waals surface area contributed by atoms with Gasteiger partial charge in [0.05, 0.1) is 12.4 Å². The van der Waals surface area contributed by atoms with Crippen molar-refractivity contribution in [3.8, 4) is 0 Å². The average Bonchev–Trinajstić information content (AvgIpc) is 2.35. The fourth-order valence-electron chi connectivity index (χ4n) is 1.71. The predicted octanol–water partition coefficient (Wildman–Crippen LogP) is 1.99. The molecule has 0 amide bonds. The van der Waals surface area contributed by atoms with Gasteiger partial charge in [-0.3, -0.25) is 9.59 Å². The molecule has 0 aliphatic carbocycles. The number of rotatable bonds is 4. The molecule has 92 valence electrons. The zero-order valence-electron chi connectivity index (χ0n) is 9.89. The maximum absolute atomic E-state index is 12.1. The Kier molecular flexibility index (Phi) is 5.69. The lowest BCUT2D eigenvalue weighted by Crippen LogP contribution is -2.38. The SMILES string of the molecule is CCC1SCCSC1C(=O)C(C)C(=O)OC. The van der Waals surface area contributed by atoms with E-state index in [9.17, 15) is 9.59 Å². The Balaban J connectivity index is 2.67. The average molecular weight is 262 g/mol. The summed E-state index contributed by atoms with van der Waals surface area (Å²) in [6, 6.07) is 0. The lowest BCUT2D eigenvalue weighted by molar-refractivity contribution is -0.148. The van der Waals surface area contributed by atoms with Gasteiger partial charge in [0.25, 0.3) is 0 Å². The van der Waals surface area contributed by atoms with Gasteiger partial charge in [-0.05, 0) is 13.3 Å². The molecular formula is C11H18O3S2. The minimum atomic E-state index is -0.629. The maximum Gasteiger partial charge on any atom is 0.315 e. The van der Waals surface area contributed by atoms with E-state index in [-0.39, 0.29) is 11.0 Å². The summed E-state index contributed by atoms with van der Waals surface area (Å²) in [5.74, 6) is 1.06. The van der Waals surface area contributed by atoms with E-state index in [0.717, 1.165) is 17.9 Å². The van der Waals surface area contributed by atoms with Gasteiger partial charge in [-0.15, -0.1) is 11.8 Å². The van der Waals surface area contributed by atoms with Gasteiger partial charge in [0.1, 0.15) is 5.92 Å². The Morgan fingerprint density at radius 1 is 1.38 bits per heavy atom. The van der Waals surface area contributed by atoms with Crippen molar-refractivity contribution in [1.82, 2.24) is 0 Å². The van der Waals surface area contributed by atoms with Gasteiger partial charge in [-0.25, -0.2) is 0 Å². The number of carbonyl (C=O) groups excluding carboxylic acids is 2. The highest BCUT2D eigenvalue weighted by Gasteiger charge is 2.36. The summed E-state index contributed by atoms with van der Waals surface area (Å²) in [6.45, 7) is 3.73. The molecule has 0 spiro atoms. The van der Waals surface area contributed by atoms with Crippen molar-refractivity contribution in [2.75, 3.05) is 18.6 Å². The molecule has 1 fully saturated rings. The van der Waals surface area contributed by atoms with E-state index in [2.05, 4.69) is 11.7 Å². The summed E-state index contributed by atoms with van der Waals surface area (Å²) >= 11 is 3.52. The Labute approximate surface area is 105 Å². The predicted molar refractivity (Wildman–Crippen MR) is 69.0 cm³/mol. The largest absolute Gasteiger partial charge is 0.468 e. The molecule has 3 unspecified atom stereocenters. The van der Waals surface area contributed by atoms with Crippen LogP contribution in [0.3, 0.4) is 0 Å². The number of methoxy groups -OCH3 is 1. The second-order valence-electron chi connectivity index (χ2n) is 3.76. The van der Waals surface area contributed by atoms with Crippen molar-refractivity contribution in [2.24, 2.45) is 5.92 Å². The van der Waals surface area contributed by atoms with Crippen LogP contribution >= 0.6 is 23.5 Å². The first kappa shape index (κ1) is 13.9. The third-order valence-corrected chi connectivity index (χ3v) is 5.98. The Morgan fingerprint density at radius 2 is 2.00 bits per heavy atom. The number of ether oxygens (including phenoxy) is 1. The molecule has 0 radical (unpaired) electrons. The zero-order chi connectivity index (χ0) is 12.1. The third kappa shape index (κ3) is 3.17. The lowest BCUT2D eigenvalue weighted by Gasteiger charge is -2.29. The van der Waals surface area contributed by atoms with E-state index in [0.29, 0.717) is 5.25 Å². The van der Waals surface area contributed by atoms with Gasteiger partial charge < -0.3 is 4.74 Å². The molecule has 0 aromatic carbocycles. The number of carbonyl (C=O) groups is 2. The smallest absolute Gasteiger partial charge is 0.315 e. The second-order valence-corrected chi connectivity index (χ2v) is 6.35. The molecule has 1 rings (SSSR count). The van der Waals surface area contributed by atoms with E-state index in [1.54, 1.807) is 18.7 Å². The number of hydrogen-bond acceptors (Lipinski definition) is 5. The minimum absolute atomic E-state index is 0.0240. The normalized spacial score (nSPS) is 27.2. The van der Waals surface area contributed by atoms with Gasteiger partial charge in [0.2, 0.25) is 0 Å². The van der Waals surface area contributed by atoms with E-state index in [1.807, 2.05) is 11.8 Å². The number of hydrogen-bond donors (Lipinski definition) is 0. The molecule has 0 N–H and O–H groups in total. The van der Waals surface area contributed by atoms with Crippen LogP contribution in [-0.4, -0.2) is 40.9 Å². The van der Waals surface area contributed by atoms with Crippen LogP contribution in [-0.2, 0) is 14.3 Å². The molecule has 5 heteroatoms. The molecule has 3 atom stereocenters. The van der Waals surface area contributed by atoms with Gasteiger partial charge in [0, 0.05) is 16.8 Å². The summed E-state index contributed by atoms with van der Waals surface area (Å²) in [5, 5.41) is 0.302. The minimum Gasteiger partial charge on any atom is -0.468 e. The number of thioether (sulfide) groups is 2. The monoisotopic (exact) mass is 262 g/mol. The molecule has 16 heavy (non-hydrogen) atoms. The van der Waals surface area contributed by atoms with Crippen molar-refractivity contribution in [3.63, 3.8) is 0 Å². The van der Waals surface area contributed by atoms with Crippen molar-refractivity contribution < 1.29 is 14.3 Å². The number of ketones is 1. The van der Waals surface area contributed by atoms with Crippen LogP contribution in [0.15, 0.2) is 0 Å². The molecule has 3 nitrogen and oxygen atoms in total. The molecule has 1 saturated heterocycles. The highest BCUT2D eigenvalue weighted by atomic mass is 32.2. The van der Waals surface area contributed by atoms with Crippen LogP contribution in [0, 0.1) is 5.92 Å². The van der Waals surface area contributed by atoms with Crippen molar-refractivity contribution >= 4 is 35.3 Å². The standard InChI is InChI=1S/C11H18O3S2/c1-4-8-10(16-6-5-15-8)9(12)7(2)11(13)14-3/h7-8,10H,4-6H2,1-3H3. The Hall–Kier alpha value is -0.160. The zero-order valence-corrected chi connectivity index (χ0v) is 11.5. The molecule has 0 bridgehead atoms. The summed E-state index contributed by atoms with van der Waals surface area (Å²) < 4.78 is 4.62. The fraction of sp³-hybridized carbons (Fsp3) is 0.818. The van der Waals surface area contributed by atoms with Crippen LogP contribution in [0.5, 0.6) is 0 Å². The van der Waals surface area contributed by atoms with Gasteiger partial charge >= 0.3 is 5.97 Å². The third-order valence-electron chi connectivity index (χ3n) is 2.71. The fourth-order valence-corrected chi connectivity index (χ4v) is 4.82. The maximum atomic E-state index is 12.1. The van der Waals surface area contributed by atoms with Gasteiger partial charge in [-0.2, -0.15) is 11.8 Å². The number of Topliss-reactive ketones (excluding diaryl/α,β-unsaturated/α-hetero) is 1. The van der Waals surface area contributed by atoms with E-state index >= 15 is 0 Å². The summed E-state index contributed by atoms with van der Waals surface area (Å²) in [7, 11) is 1.33. The Bertz CT molecular complexity index is 268. The van der Waals surface area contributed by atoms with Crippen molar-refractivity contribution in [1.29, 1.82) is 0 Å². The lowest BCUT2D eigenvalue weighted by atomic mass is 10.0. The van der Waals surface area contributed by atoms with Crippen LogP contribution in [0.4, 0.5) is 0 Å². The van der Waals surface area contributed by atoms with Crippen LogP contribution in [0.1, 0.15) is 20.3 Å². The van der Waals surface area contributed by atoms with E-state index in [4.69, 9.17) is 0 Å². The first-order chi connectivity index (χ1) is 7.61. The highest BCUT2D eigenvalue weighted by molar-refractivity contribution is 8.07. The molecule has 1 heterocycles. The van der Waals surface area contributed by atoms with Gasteiger partial charge in [0.15, 0.2) is 5.78 Å². The summed E-state index contributed by atoms with van der Waals surface area (Å²) in [6.07, 6.45) is 0.974. The van der Waals surface area contributed by atoms with Crippen LogP contribution < -0.4 is 0 Å². The molecular weight excluding hydrogens is 244 g/mol. The Morgan fingerprint density at radius 3 is 2.56 bits per heavy atom. The van der Waals surface area contributed by atoms with Crippen LogP contribution in [0.25, 0.3) is 0 Å². The first-order valence-electron chi connectivity index (χ1n) is 5.46. The highest BCUT2D eigenvalue weighted by Crippen LogP contribution is 2.35. The second kappa shape index (κ2) is 6.55. The van der Waals surface area contributed by atoms with Gasteiger partial charge in [-0.1, -0.05) is 6.92 Å². The first-order valence-corrected chi connectivity index (χ1v) is 7.56. The molecule has 0 aromatic heterocycles. The van der Waals surface area contributed by atoms with E-state index in [1.165, 1.54) is 7.11 Å². The number of esters is 1. The molecule has 0 saturated carbocycles. The molecule has 1 aliphatic rings. The van der Waals surface area contributed by atoms with Crippen LogP contribution in [0.2, 0.25) is 0 Å². The summed E-state index contributed by atoms with van der Waals surface area (Å²) in [5.41, 5.74) is 0. The van der Waals surface area contributed by atoms with Crippen molar-refractivity contribution in [3.05, 3.63) is 0 Å².